The van der Waals surface area contributed by atoms with Crippen molar-refractivity contribution in [3.63, 3.8) is 0 Å². The minimum absolute atomic E-state index is 0.512. The molecule has 0 radical (unpaired) electrons. The first kappa shape index (κ1) is 11.8. The largest absolute Gasteiger partial charge is 0.198 e. The average Bonchev–Trinajstić information content (AvgIpc) is 2.17. The molecule has 1 nitrogen and oxygen atoms in total. The average molecular weight is 201 g/mol. The second-order valence-corrected chi connectivity index (χ2v) is 4.61. The van der Waals surface area contributed by atoms with Crippen molar-refractivity contribution in [1.29, 1.82) is 5.26 Å². The quantitative estimate of drug-likeness (QED) is 0.725. The smallest absolute Gasteiger partial charge is 0.0669 e. The van der Waals surface area contributed by atoms with Crippen LogP contribution in [0, 0.1) is 11.3 Å². The second-order valence-electron chi connectivity index (χ2n) is 4.61. The summed E-state index contributed by atoms with van der Waals surface area (Å²) in [5, 5.41) is 8.68. The molecule has 1 heteroatoms. The Bertz CT molecular complexity index is 369. The van der Waals surface area contributed by atoms with E-state index in [0.29, 0.717) is 18.3 Å². The summed E-state index contributed by atoms with van der Waals surface area (Å²) in [5.41, 5.74) is 3.93. The van der Waals surface area contributed by atoms with Crippen LogP contribution in [0.25, 0.3) is 0 Å². The molecule has 0 bridgehead atoms. The highest BCUT2D eigenvalue weighted by Gasteiger charge is 2.10. The van der Waals surface area contributed by atoms with Crippen LogP contribution in [0.3, 0.4) is 0 Å². The number of nitriles is 1. The molecule has 0 aliphatic rings. The van der Waals surface area contributed by atoms with E-state index in [9.17, 15) is 0 Å². The van der Waals surface area contributed by atoms with Crippen molar-refractivity contribution in [3.05, 3.63) is 34.9 Å². The summed E-state index contributed by atoms with van der Waals surface area (Å²) in [6.45, 7) is 8.84. The molecule has 0 saturated heterocycles. The Morgan fingerprint density at radius 2 is 1.67 bits per heavy atom. The summed E-state index contributed by atoms with van der Waals surface area (Å²) in [7, 11) is 0. The summed E-state index contributed by atoms with van der Waals surface area (Å²) >= 11 is 0. The van der Waals surface area contributed by atoms with Crippen LogP contribution in [0.4, 0.5) is 0 Å². The Kier molecular flexibility index (Phi) is 3.91. The van der Waals surface area contributed by atoms with E-state index in [0.717, 1.165) is 5.56 Å². The molecule has 1 aromatic rings. The van der Waals surface area contributed by atoms with Crippen molar-refractivity contribution < 1.29 is 0 Å². The summed E-state index contributed by atoms with van der Waals surface area (Å²) in [6.07, 6.45) is 0.512. The minimum Gasteiger partial charge on any atom is -0.198 e. The first-order valence-corrected chi connectivity index (χ1v) is 5.56. The van der Waals surface area contributed by atoms with Crippen LogP contribution < -0.4 is 0 Å². The van der Waals surface area contributed by atoms with E-state index in [2.05, 4.69) is 52.0 Å². The molecular weight excluding hydrogens is 182 g/mol. The van der Waals surface area contributed by atoms with Crippen LogP contribution in [0.5, 0.6) is 0 Å². The van der Waals surface area contributed by atoms with Crippen LogP contribution in [-0.4, -0.2) is 0 Å². The molecule has 80 valence electrons. The Morgan fingerprint density at radius 1 is 1.07 bits per heavy atom. The number of rotatable bonds is 3. The van der Waals surface area contributed by atoms with Crippen LogP contribution in [0.1, 0.15) is 56.2 Å². The van der Waals surface area contributed by atoms with Crippen molar-refractivity contribution in [2.75, 3.05) is 0 Å². The zero-order valence-electron chi connectivity index (χ0n) is 10.0. The van der Waals surface area contributed by atoms with Gasteiger partial charge in [-0.25, -0.2) is 0 Å². The maximum absolute atomic E-state index is 8.68. The predicted molar refractivity (Wildman–Crippen MR) is 63.9 cm³/mol. The fraction of sp³-hybridized carbons (Fsp3) is 0.500. The van der Waals surface area contributed by atoms with Gasteiger partial charge in [0.2, 0.25) is 0 Å². The highest BCUT2D eigenvalue weighted by molar-refractivity contribution is 5.37. The van der Waals surface area contributed by atoms with E-state index in [1.807, 2.05) is 0 Å². The van der Waals surface area contributed by atoms with Gasteiger partial charge >= 0.3 is 0 Å². The van der Waals surface area contributed by atoms with E-state index in [4.69, 9.17) is 5.26 Å². The van der Waals surface area contributed by atoms with Crippen molar-refractivity contribution in [2.45, 2.75) is 46.0 Å². The molecule has 0 amide bonds. The molecule has 1 aromatic carbocycles. The summed E-state index contributed by atoms with van der Waals surface area (Å²) in [4.78, 5) is 0. The fourth-order valence-electron chi connectivity index (χ4n) is 1.85. The third kappa shape index (κ3) is 2.83. The van der Waals surface area contributed by atoms with Gasteiger partial charge in [0.05, 0.1) is 12.5 Å². The SMILES string of the molecule is CC(C)c1ccc(CC#N)cc1C(C)C. The highest BCUT2D eigenvalue weighted by atomic mass is 14.2. The molecular formula is C14H19N. The maximum atomic E-state index is 8.68. The topological polar surface area (TPSA) is 23.8 Å². The molecule has 0 spiro atoms. The summed E-state index contributed by atoms with van der Waals surface area (Å²) < 4.78 is 0. The van der Waals surface area contributed by atoms with Gasteiger partial charge in [0.15, 0.2) is 0 Å². The van der Waals surface area contributed by atoms with Gasteiger partial charge in [-0.05, 0) is 28.5 Å². The van der Waals surface area contributed by atoms with Crippen molar-refractivity contribution in [1.82, 2.24) is 0 Å². The van der Waals surface area contributed by atoms with Crippen molar-refractivity contribution in [3.8, 4) is 6.07 Å². The second kappa shape index (κ2) is 4.98. The Balaban J connectivity index is 3.16. The molecule has 0 aliphatic heterocycles. The van der Waals surface area contributed by atoms with Gasteiger partial charge in [-0.1, -0.05) is 45.9 Å². The van der Waals surface area contributed by atoms with Crippen LogP contribution in [0.2, 0.25) is 0 Å². The molecule has 0 N–H and O–H groups in total. The number of hydrogen-bond donors (Lipinski definition) is 0. The van der Waals surface area contributed by atoms with Crippen LogP contribution in [0.15, 0.2) is 18.2 Å². The van der Waals surface area contributed by atoms with Gasteiger partial charge in [-0.15, -0.1) is 0 Å². The third-order valence-electron chi connectivity index (χ3n) is 2.68. The minimum atomic E-state index is 0.512. The first-order valence-electron chi connectivity index (χ1n) is 5.56. The van der Waals surface area contributed by atoms with E-state index in [-0.39, 0.29) is 0 Å². The number of hydrogen-bond acceptors (Lipinski definition) is 1. The normalized spacial score (nSPS) is 10.7. The predicted octanol–water partition coefficient (Wildman–Crippen LogP) is 4.00. The molecule has 0 aromatic heterocycles. The Morgan fingerprint density at radius 3 is 2.13 bits per heavy atom. The van der Waals surface area contributed by atoms with E-state index in [1.54, 1.807) is 0 Å². The van der Waals surface area contributed by atoms with Crippen LogP contribution >= 0.6 is 0 Å². The molecule has 0 saturated carbocycles. The van der Waals surface area contributed by atoms with Crippen molar-refractivity contribution >= 4 is 0 Å². The third-order valence-corrected chi connectivity index (χ3v) is 2.68. The maximum Gasteiger partial charge on any atom is 0.0669 e. The molecule has 0 atom stereocenters. The summed E-state index contributed by atoms with van der Waals surface area (Å²) in [5.74, 6) is 1.08. The van der Waals surface area contributed by atoms with Crippen LogP contribution in [-0.2, 0) is 6.42 Å². The lowest BCUT2D eigenvalue weighted by Gasteiger charge is -2.16. The Hall–Kier alpha value is -1.29. The van der Waals surface area contributed by atoms with E-state index < -0.39 is 0 Å². The lowest BCUT2D eigenvalue weighted by atomic mass is 9.89. The molecule has 0 heterocycles. The monoisotopic (exact) mass is 201 g/mol. The van der Waals surface area contributed by atoms with Gasteiger partial charge in [0.1, 0.15) is 0 Å². The molecule has 0 fully saturated rings. The number of nitrogens with zero attached hydrogens (tertiary/aromatic N) is 1. The highest BCUT2D eigenvalue weighted by Crippen LogP contribution is 2.27. The lowest BCUT2D eigenvalue weighted by molar-refractivity contribution is 0.788. The zero-order chi connectivity index (χ0) is 11.4. The fourth-order valence-corrected chi connectivity index (χ4v) is 1.85. The van der Waals surface area contributed by atoms with Gasteiger partial charge in [-0.3, -0.25) is 0 Å². The van der Waals surface area contributed by atoms with E-state index >= 15 is 0 Å². The summed E-state index contributed by atoms with van der Waals surface area (Å²) in [6, 6.07) is 8.63. The molecule has 0 unspecified atom stereocenters. The van der Waals surface area contributed by atoms with Gasteiger partial charge in [0.25, 0.3) is 0 Å². The molecule has 15 heavy (non-hydrogen) atoms. The zero-order valence-corrected chi connectivity index (χ0v) is 10.0. The van der Waals surface area contributed by atoms with E-state index in [1.165, 1.54) is 11.1 Å². The van der Waals surface area contributed by atoms with Gasteiger partial charge in [-0.2, -0.15) is 5.26 Å². The molecule has 1 rings (SSSR count). The first-order chi connectivity index (χ1) is 7.06. The van der Waals surface area contributed by atoms with Crippen molar-refractivity contribution in [2.24, 2.45) is 0 Å². The van der Waals surface area contributed by atoms with Gasteiger partial charge < -0.3 is 0 Å². The molecule has 0 aliphatic carbocycles. The van der Waals surface area contributed by atoms with Gasteiger partial charge in [0, 0.05) is 0 Å². The lowest BCUT2D eigenvalue weighted by Crippen LogP contribution is -1.99. The number of benzene rings is 1. The Labute approximate surface area is 92.7 Å². The standard InChI is InChI=1S/C14H19N/c1-10(2)13-6-5-12(7-8-15)9-14(13)11(3)4/h5-6,9-11H,7H2,1-4H3.